The van der Waals surface area contributed by atoms with Crippen molar-refractivity contribution in [2.45, 2.75) is 6.92 Å². The molecule has 4 nitrogen and oxygen atoms in total. The molecule has 0 bridgehead atoms. The Hall–Kier alpha value is -2.70. The van der Waals surface area contributed by atoms with E-state index in [4.69, 9.17) is 12.2 Å². The highest BCUT2D eigenvalue weighted by molar-refractivity contribution is 8.26. The number of thiocarbonyl (C=S) groups is 1. The van der Waals surface area contributed by atoms with Crippen molar-refractivity contribution < 1.29 is 9.59 Å². The van der Waals surface area contributed by atoms with Gasteiger partial charge in [-0.05, 0) is 30.7 Å². The minimum absolute atomic E-state index is 0.0482. The molecule has 0 atom stereocenters. The number of hydrogen-bond acceptors (Lipinski definition) is 4. The molecule has 0 spiro atoms. The topological polar surface area (TPSA) is 50.6 Å². The third-order valence-electron chi connectivity index (χ3n) is 4.30. The Labute approximate surface area is 159 Å². The molecule has 0 aliphatic carbocycles. The first kappa shape index (κ1) is 16.8. The number of amides is 1. The van der Waals surface area contributed by atoms with Gasteiger partial charge in [-0.1, -0.05) is 60.4 Å². The van der Waals surface area contributed by atoms with Crippen LogP contribution in [0.3, 0.4) is 0 Å². The number of aromatic nitrogens is 1. The van der Waals surface area contributed by atoms with Crippen molar-refractivity contribution in [1.82, 2.24) is 9.72 Å². The molecule has 1 N–H and O–H groups in total. The number of benzene rings is 1. The molecule has 1 amide bonds. The summed E-state index contributed by atoms with van der Waals surface area (Å²) in [5.74, 6) is -0.251. The van der Waals surface area contributed by atoms with Crippen LogP contribution in [-0.2, 0) is 4.79 Å². The van der Waals surface area contributed by atoms with Crippen molar-refractivity contribution in [1.29, 1.82) is 0 Å². The lowest BCUT2D eigenvalue weighted by Gasteiger charge is -2.03. The molecule has 1 aliphatic rings. The summed E-state index contributed by atoms with van der Waals surface area (Å²) in [5.41, 5.74) is 3.80. The molecule has 3 heterocycles. The van der Waals surface area contributed by atoms with E-state index in [0.29, 0.717) is 20.5 Å². The van der Waals surface area contributed by atoms with Crippen LogP contribution in [0.5, 0.6) is 0 Å². The maximum absolute atomic E-state index is 13.1. The van der Waals surface area contributed by atoms with Crippen molar-refractivity contribution in [2.24, 2.45) is 0 Å². The smallest absolute Gasteiger partial charge is 0.263 e. The number of thioether (sulfide) groups is 1. The fourth-order valence-corrected chi connectivity index (χ4v) is 4.12. The molecule has 1 aliphatic heterocycles. The molecule has 1 saturated heterocycles. The van der Waals surface area contributed by atoms with Crippen LogP contribution in [-0.4, -0.2) is 20.4 Å². The number of hydrogen-bond donors (Lipinski definition) is 1. The standard InChI is InChI=1S/C20H14N2O2S2/c1-12-14(11-16-19(24)21-20(25)26-16)15-9-5-6-10-22(15)17(12)18(23)13-7-3-2-4-8-13/h2-11H,1H3,(H,21,24,25)/b16-11+. The SMILES string of the molecule is Cc1c(/C=C2/SC(=S)NC2=O)c2ccccn2c1C(=O)c1ccccc1. The Balaban J connectivity index is 1.92. The largest absolute Gasteiger partial charge is 0.313 e. The predicted octanol–water partition coefficient (Wildman–Crippen LogP) is 3.97. The van der Waals surface area contributed by atoms with E-state index in [1.807, 2.05) is 60.0 Å². The van der Waals surface area contributed by atoms with Crippen molar-refractivity contribution in [3.05, 3.63) is 82.0 Å². The molecule has 0 saturated carbocycles. The fourth-order valence-electron chi connectivity index (χ4n) is 3.10. The zero-order chi connectivity index (χ0) is 18.3. The highest BCUT2D eigenvalue weighted by atomic mass is 32.2. The quantitative estimate of drug-likeness (QED) is 0.426. The lowest BCUT2D eigenvalue weighted by Crippen LogP contribution is -2.17. The Bertz CT molecular complexity index is 1100. The molecule has 128 valence electrons. The maximum atomic E-state index is 13.1. The van der Waals surface area contributed by atoms with Gasteiger partial charge in [0.1, 0.15) is 4.32 Å². The van der Waals surface area contributed by atoms with Crippen molar-refractivity contribution in [3.8, 4) is 0 Å². The van der Waals surface area contributed by atoms with Gasteiger partial charge in [0.2, 0.25) is 5.78 Å². The summed E-state index contributed by atoms with van der Waals surface area (Å²) < 4.78 is 2.33. The Morgan fingerprint density at radius 1 is 1.15 bits per heavy atom. The normalized spacial score (nSPS) is 15.7. The summed E-state index contributed by atoms with van der Waals surface area (Å²) >= 11 is 6.30. The van der Waals surface area contributed by atoms with Gasteiger partial charge in [0.15, 0.2) is 0 Å². The van der Waals surface area contributed by atoms with E-state index in [1.165, 1.54) is 11.8 Å². The summed E-state index contributed by atoms with van der Waals surface area (Å²) in [5, 5.41) is 2.62. The molecule has 3 aromatic rings. The molecule has 2 aromatic heterocycles. The van der Waals surface area contributed by atoms with Crippen molar-refractivity contribution in [2.75, 3.05) is 0 Å². The first-order valence-electron chi connectivity index (χ1n) is 8.00. The van der Waals surface area contributed by atoms with Crippen LogP contribution in [0.15, 0.2) is 59.6 Å². The van der Waals surface area contributed by atoms with E-state index in [1.54, 1.807) is 12.1 Å². The lowest BCUT2D eigenvalue weighted by atomic mass is 10.0. The van der Waals surface area contributed by atoms with E-state index >= 15 is 0 Å². The molecule has 6 heteroatoms. The second kappa shape index (κ2) is 6.55. The monoisotopic (exact) mass is 378 g/mol. The zero-order valence-electron chi connectivity index (χ0n) is 13.9. The number of nitrogens with one attached hydrogen (secondary N) is 1. The number of nitrogens with zero attached hydrogens (tertiary/aromatic N) is 1. The van der Waals surface area contributed by atoms with Crippen LogP contribution in [0.2, 0.25) is 0 Å². The average molecular weight is 378 g/mol. The number of ketones is 1. The summed E-state index contributed by atoms with van der Waals surface area (Å²) in [4.78, 5) is 25.7. The molecule has 4 rings (SSSR count). The maximum Gasteiger partial charge on any atom is 0.263 e. The highest BCUT2D eigenvalue weighted by Gasteiger charge is 2.25. The third kappa shape index (κ3) is 2.77. The van der Waals surface area contributed by atoms with Gasteiger partial charge in [-0.2, -0.15) is 0 Å². The zero-order valence-corrected chi connectivity index (χ0v) is 15.5. The first-order valence-corrected chi connectivity index (χ1v) is 9.23. The summed E-state index contributed by atoms with van der Waals surface area (Å²) in [6, 6.07) is 14.9. The number of pyridine rings is 1. The number of fused-ring (bicyclic) bond motifs is 1. The van der Waals surface area contributed by atoms with Gasteiger partial charge in [-0.15, -0.1) is 0 Å². The summed E-state index contributed by atoms with van der Waals surface area (Å²) in [6.45, 7) is 1.91. The number of rotatable bonds is 3. The van der Waals surface area contributed by atoms with Gasteiger partial charge in [-0.25, -0.2) is 0 Å². The molecular formula is C20H14N2O2S2. The van der Waals surface area contributed by atoms with Gasteiger partial charge in [-0.3, -0.25) is 9.59 Å². The number of carbonyl (C=O) groups excluding carboxylic acids is 2. The van der Waals surface area contributed by atoms with Crippen LogP contribution in [0.25, 0.3) is 11.6 Å². The summed E-state index contributed by atoms with van der Waals surface area (Å²) in [6.07, 6.45) is 3.68. The lowest BCUT2D eigenvalue weighted by molar-refractivity contribution is -0.115. The van der Waals surface area contributed by atoms with Crippen molar-refractivity contribution in [3.63, 3.8) is 0 Å². The first-order chi connectivity index (χ1) is 12.6. The van der Waals surface area contributed by atoms with Crippen LogP contribution in [0, 0.1) is 6.92 Å². The van der Waals surface area contributed by atoms with E-state index in [0.717, 1.165) is 16.6 Å². The third-order valence-corrected chi connectivity index (χ3v) is 5.47. The fraction of sp³-hybridized carbons (Fsp3) is 0.0500. The molecule has 26 heavy (non-hydrogen) atoms. The molecule has 0 unspecified atom stereocenters. The van der Waals surface area contributed by atoms with Gasteiger partial charge >= 0.3 is 0 Å². The van der Waals surface area contributed by atoms with E-state index < -0.39 is 0 Å². The van der Waals surface area contributed by atoms with E-state index in [-0.39, 0.29) is 11.7 Å². The number of carbonyl (C=O) groups is 2. The Morgan fingerprint density at radius 2 is 1.88 bits per heavy atom. The van der Waals surface area contributed by atoms with E-state index in [9.17, 15) is 9.59 Å². The van der Waals surface area contributed by atoms with Gasteiger partial charge < -0.3 is 9.72 Å². The molecule has 1 aromatic carbocycles. The van der Waals surface area contributed by atoms with Gasteiger partial charge in [0.25, 0.3) is 5.91 Å². The van der Waals surface area contributed by atoms with Gasteiger partial charge in [0.05, 0.1) is 16.1 Å². The predicted molar refractivity (Wildman–Crippen MR) is 108 cm³/mol. The van der Waals surface area contributed by atoms with Crippen LogP contribution < -0.4 is 5.32 Å². The minimum Gasteiger partial charge on any atom is -0.313 e. The second-order valence-corrected chi connectivity index (χ2v) is 7.61. The van der Waals surface area contributed by atoms with E-state index in [2.05, 4.69) is 5.32 Å². The molecular weight excluding hydrogens is 364 g/mol. The second-order valence-electron chi connectivity index (χ2n) is 5.89. The summed E-state index contributed by atoms with van der Waals surface area (Å²) in [7, 11) is 0. The van der Waals surface area contributed by atoms with Crippen LogP contribution >= 0.6 is 24.0 Å². The average Bonchev–Trinajstić information content (AvgIpc) is 3.12. The Kier molecular flexibility index (Phi) is 4.22. The minimum atomic E-state index is -0.203. The van der Waals surface area contributed by atoms with Crippen molar-refractivity contribution >= 4 is 51.6 Å². The Morgan fingerprint density at radius 3 is 2.58 bits per heavy atom. The van der Waals surface area contributed by atoms with Crippen LogP contribution in [0.1, 0.15) is 27.2 Å². The van der Waals surface area contributed by atoms with Crippen LogP contribution in [0.4, 0.5) is 0 Å². The molecule has 1 fully saturated rings. The highest BCUT2D eigenvalue weighted by Crippen LogP contribution is 2.32. The van der Waals surface area contributed by atoms with Gasteiger partial charge in [0, 0.05) is 17.3 Å². The molecule has 0 radical (unpaired) electrons.